The number of nitro groups is 2. The van der Waals surface area contributed by atoms with Crippen molar-refractivity contribution in [1.82, 2.24) is 0 Å². The minimum Gasteiger partial charge on any atom is -0.463 e. The minimum absolute atomic E-state index is 0.00799. The van der Waals surface area contributed by atoms with Crippen LogP contribution in [0.25, 0.3) is 0 Å². The number of nitro benzene ring substituents is 2. The molecule has 0 aliphatic carbocycles. The van der Waals surface area contributed by atoms with Crippen LogP contribution in [0.15, 0.2) is 30.9 Å². The molecular formula is C12H12N2O6. The van der Waals surface area contributed by atoms with Crippen LogP contribution >= 0.6 is 0 Å². The molecule has 0 radical (unpaired) electrons. The molecule has 1 aromatic carbocycles. The number of nitrogens with zero attached hydrogens (tertiary/aromatic N) is 2. The first-order valence-corrected chi connectivity index (χ1v) is 5.67. The van der Waals surface area contributed by atoms with Crippen LogP contribution in [0, 0.1) is 20.2 Å². The second-order valence-electron chi connectivity index (χ2n) is 3.76. The summed E-state index contributed by atoms with van der Waals surface area (Å²) in [6, 6.07) is 3.67. The molecule has 0 amide bonds. The first-order valence-electron chi connectivity index (χ1n) is 5.67. The van der Waals surface area contributed by atoms with Gasteiger partial charge in [0.15, 0.2) is 0 Å². The van der Waals surface area contributed by atoms with Gasteiger partial charge in [0.25, 0.3) is 11.4 Å². The fourth-order valence-electron chi connectivity index (χ4n) is 1.64. The van der Waals surface area contributed by atoms with E-state index < -0.39 is 15.8 Å². The van der Waals surface area contributed by atoms with E-state index in [2.05, 4.69) is 6.58 Å². The third kappa shape index (κ3) is 3.87. The van der Waals surface area contributed by atoms with Crippen LogP contribution in [-0.2, 0) is 16.0 Å². The lowest BCUT2D eigenvalue weighted by Gasteiger charge is -2.04. The van der Waals surface area contributed by atoms with Crippen molar-refractivity contribution in [3.05, 3.63) is 56.6 Å². The molecule has 0 fully saturated rings. The van der Waals surface area contributed by atoms with Gasteiger partial charge in [0.1, 0.15) is 5.56 Å². The molecule has 0 aromatic heterocycles. The zero-order valence-electron chi connectivity index (χ0n) is 10.5. The summed E-state index contributed by atoms with van der Waals surface area (Å²) in [6.45, 7) is 3.23. The highest BCUT2D eigenvalue weighted by molar-refractivity contribution is 5.81. The average Bonchev–Trinajstić information content (AvgIpc) is 2.42. The van der Waals surface area contributed by atoms with Crippen LogP contribution in [0.3, 0.4) is 0 Å². The number of hydrogen-bond donors (Lipinski definition) is 0. The van der Waals surface area contributed by atoms with Crippen molar-refractivity contribution in [2.75, 3.05) is 6.61 Å². The lowest BCUT2D eigenvalue weighted by Crippen LogP contribution is -2.05. The number of esters is 1. The van der Waals surface area contributed by atoms with E-state index in [1.807, 2.05) is 0 Å². The van der Waals surface area contributed by atoms with Gasteiger partial charge < -0.3 is 4.74 Å². The molecule has 20 heavy (non-hydrogen) atoms. The number of hydrogen-bond acceptors (Lipinski definition) is 6. The van der Waals surface area contributed by atoms with Gasteiger partial charge in [-0.2, -0.15) is 0 Å². The van der Waals surface area contributed by atoms with Crippen LogP contribution in [0.2, 0.25) is 0 Å². The molecule has 0 aliphatic rings. The van der Waals surface area contributed by atoms with E-state index in [-0.39, 0.29) is 36.4 Å². The molecule has 8 nitrogen and oxygen atoms in total. The number of rotatable bonds is 7. The fraction of sp³-hybridized carbons (Fsp3) is 0.250. The molecule has 0 saturated carbocycles. The minimum atomic E-state index is -0.669. The number of carbonyl (C=O) groups is 1. The normalized spacial score (nSPS) is 9.80. The highest BCUT2D eigenvalue weighted by Gasteiger charge is 2.23. The highest BCUT2D eigenvalue weighted by atomic mass is 16.6. The number of carbonyl (C=O) groups excluding carboxylic acids is 1. The summed E-state index contributed by atoms with van der Waals surface area (Å²) in [5, 5.41) is 21.7. The van der Waals surface area contributed by atoms with Crippen molar-refractivity contribution in [3.8, 4) is 0 Å². The molecule has 8 heteroatoms. The van der Waals surface area contributed by atoms with Crippen LogP contribution < -0.4 is 0 Å². The Morgan fingerprint density at radius 3 is 2.25 bits per heavy atom. The topological polar surface area (TPSA) is 113 Å². The molecule has 1 aromatic rings. The van der Waals surface area contributed by atoms with E-state index in [9.17, 15) is 25.0 Å². The van der Waals surface area contributed by atoms with E-state index in [1.54, 1.807) is 0 Å². The van der Waals surface area contributed by atoms with Gasteiger partial charge in [0.05, 0.1) is 16.5 Å². The van der Waals surface area contributed by atoms with Gasteiger partial charge in [0.2, 0.25) is 0 Å². The molecule has 0 unspecified atom stereocenters. The van der Waals surface area contributed by atoms with Crippen molar-refractivity contribution >= 4 is 17.3 Å². The van der Waals surface area contributed by atoms with Crippen molar-refractivity contribution in [2.45, 2.75) is 12.8 Å². The second-order valence-corrected chi connectivity index (χ2v) is 3.76. The lowest BCUT2D eigenvalue weighted by atomic mass is 10.1. The molecule has 0 atom stereocenters. The summed E-state index contributed by atoms with van der Waals surface area (Å²) in [5.74, 6) is -0.609. The van der Waals surface area contributed by atoms with Crippen LogP contribution in [-0.4, -0.2) is 22.4 Å². The highest BCUT2D eigenvalue weighted by Crippen LogP contribution is 2.29. The molecule has 0 heterocycles. The first-order chi connectivity index (χ1) is 9.47. The molecule has 0 bridgehead atoms. The molecular weight excluding hydrogens is 268 g/mol. The fourth-order valence-corrected chi connectivity index (χ4v) is 1.64. The van der Waals surface area contributed by atoms with Crippen LogP contribution in [0.4, 0.5) is 11.4 Å². The van der Waals surface area contributed by atoms with Crippen molar-refractivity contribution in [2.24, 2.45) is 0 Å². The standard InChI is InChI=1S/C12H12N2O6/c1-2-12(15)20-8-4-5-9-10(13(16)17)6-3-7-11(9)14(18)19/h2-3,6-7H,1,4-5,8H2. The maximum atomic E-state index is 10.9. The van der Waals surface area contributed by atoms with E-state index in [1.165, 1.54) is 18.2 Å². The monoisotopic (exact) mass is 280 g/mol. The third-order valence-electron chi connectivity index (χ3n) is 2.50. The quantitative estimate of drug-likeness (QED) is 0.248. The predicted molar refractivity (Wildman–Crippen MR) is 69.2 cm³/mol. The Bertz CT molecular complexity index is 523. The van der Waals surface area contributed by atoms with E-state index in [4.69, 9.17) is 4.74 Å². The smallest absolute Gasteiger partial charge is 0.330 e. The van der Waals surface area contributed by atoms with E-state index >= 15 is 0 Å². The Hall–Kier alpha value is -2.77. The van der Waals surface area contributed by atoms with Gasteiger partial charge in [-0.25, -0.2) is 4.79 Å². The molecule has 106 valence electrons. The molecule has 1 rings (SSSR count). The zero-order valence-corrected chi connectivity index (χ0v) is 10.5. The van der Waals surface area contributed by atoms with Gasteiger partial charge in [0, 0.05) is 18.2 Å². The number of ether oxygens (including phenoxy) is 1. The summed E-state index contributed by atoms with van der Waals surface area (Å²) in [5.41, 5.74) is -0.597. The Labute approximate surface area is 114 Å². The Balaban J connectivity index is 2.86. The third-order valence-corrected chi connectivity index (χ3v) is 2.50. The Kier molecular flexibility index (Phi) is 5.33. The number of benzene rings is 1. The molecule has 0 aliphatic heterocycles. The van der Waals surface area contributed by atoms with Crippen molar-refractivity contribution in [3.63, 3.8) is 0 Å². The SMILES string of the molecule is C=CC(=O)OCCCc1c([N+](=O)[O-])cccc1[N+](=O)[O-]. The van der Waals surface area contributed by atoms with Gasteiger partial charge in [-0.3, -0.25) is 20.2 Å². The lowest BCUT2D eigenvalue weighted by molar-refractivity contribution is -0.395. The molecule has 0 spiro atoms. The second kappa shape index (κ2) is 6.98. The Morgan fingerprint density at radius 1 is 1.25 bits per heavy atom. The van der Waals surface area contributed by atoms with E-state index in [0.29, 0.717) is 0 Å². The predicted octanol–water partition coefficient (Wildman–Crippen LogP) is 2.16. The summed E-state index contributed by atoms with van der Waals surface area (Å²) < 4.78 is 4.72. The van der Waals surface area contributed by atoms with E-state index in [0.717, 1.165) is 6.08 Å². The first kappa shape index (κ1) is 15.3. The largest absolute Gasteiger partial charge is 0.463 e. The van der Waals surface area contributed by atoms with Crippen molar-refractivity contribution < 1.29 is 19.4 Å². The maximum Gasteiger partial charge on any atom is 0.330 e. The molecule has 0 N–H and O–H groups in total. The van der Waals surface area contributed by atoms with Gasteiger partial charge in [-0.15, -0.1) is 0 Å². The van der Waals surface area contributed by atoms with Crippen molar-refractivity contribution in [1.29, 1.82) is 0 Å². The van der Waals surface area contributed by atoms with Crippen LogP contribution in [0.1, 0.15) is 12.0 Å². The zero-order chi connectivity index (χ0) is 15.1. The average molecular weight is 280 g/mol. The van der Waals surface area contributed by atoms with Gasteiger partial charge >= 0.3 is 5.97 Å². The Morgan fingerprint density at radius 2 is 1.80 bits per heavy atom. The molecule has 0 saturated heterocycles. The maximum absolute atomic E-state index is 10.9. The summed E-state index contributed by atoms with van der Waals surface area (Å²) in [6.07, 6.45) is 1.30. The van der Waals surface area contributed by atoms with Gasteiger partial charge in [-0.05, 0) is 18.9 Å². The summed E-state index contributed by atoms with van der Waals surface area (Å²) in [4.78, 5) is 31.2. The van der Waals surface area contributed by atoms with Gasteiger partial charge in [-0.1, -0.05) is 6.58 Å². The summed E-state index contributed by atoms with van der Waals surface area (Å²) >= 11 is 0. The summed E-state index contributed by atoms with van der Waals surface area (Å²) in [7, 11) is 0. The van der Waals surface area contributed by atoms with Crippen LogP contribution in [0.5, 0.6) is 0 Å².